The van der Waals surface area contributed by atoms with Crippen LogP contribution in [0.2, 0.25) is 0 Å². The van der Waals surface area contributed by atoms with Gasteiger partial charge in [-0.05, 0) is 12.8 Å². The van der Waals surface area contributed by atoms with Crippen LogP contribution in [-0.2, 0) is 0 Å². The van der Waals surface area contributed by atoms with E-state index in [4.69, 9.17) is 11.5 Å². The highest BCUT2D eigenvalue weighted by Crippen LogP contribution is 2.22. The lowest BCUT2D eigenvalue weighted by atomic mass is 9.85. The van der Waals surface area contributed by atoms with E-state index < -0.39 is 0 Å². The zero-order valence-corrected chi connectivity index (χ0v) is 7.31. The van der Waals surface area contributed by atoms with Gasteiger partial charge in [-0.25, -0.2) is 0 Å². The molecule has 0 aromatic rings. The molecule has 2 nitrogen and oxygen atoms in total. The Bertz CT molecular complexity index is 104. The third-order valence-corrected chi connectivity index (χ3v) is 2.76. The van der Waals surface area contributed by atoms with Crippen molar-refractivity contribution >= 4 is 0 Å². The number of hydrogen-bond donors (Lipinski definition) is 2. The van der Waals surface area contributed by atoms with Crippen LogP contribution in [-0.4, -0.2) is 12.1 Å². The maximum absolute atomic E-state index is 6.10. The van der Waals surface area contributed by atoms with Crippen LogP contribution < -0.4 is 11.5 Å². The molecule has 1 aliphatic carbocycles. The van der Waals surface area contributed by atoms with Gasteiger partial charge in [0.1, 0.15) is 0 Å². The molecule has 0 aromatic heterocycles. The largest absolute Gasteiger partial charge is 0.329 e. The summed E-state index contributed by atoms with van der Waals surface area (Å²) in [5.74, 6) is 0. The maximum Gasteiger partial charge on any atom is 0.0278 e. The molecule has 66 valence electrons. The zero-order valence-electron chi connectivity index (χ0n) is 7.31. The van der Waals surface area contributed by atoms with Gasteiger partial charge in [0, 0.05) is 12.1 Å². The van der Waals surface area contributed by atoms with E-state index >= 15 is 0 Å². The molecule has 0 amide bonds. The summed E-state index contributed by atoms with van der Waals surface area (Å²) >= 11 is 0. The van der Waals surface area contributed by atoms with Gasteiger partial charge in [0.25, 0.3) is 0 Å². The Morgan fingerprint density at radius 2 is 1.36 bits per heavy atom. The standard InChI is InChI=1S/C9H20N2/c10-8-9(11)6-4-2-1-3-5-7-9/h1-8,10-11H2. The van der Waals surface area contributed by atoms with Crippen LogP contribution in [0.1, 0.15) is 44.9 Å². The van der Waals surface area contributed by atoms with Gasteiger partial charge in [0.2, 0.25) is 0 Å². The van der Waals surface area contributed by atoms with Crippen LogP contribution in [0.25, 0.3) is 0 Å². The lowest BCUT2D eigenvalue weighted by Gasteiger charge is -2.29. The molecular formula is C9H20N2. The fourth-order valence-electron chi connectivity index (χ4n) is 1.81. The molecule has 0 aromatic carbocycles. The smallest absolute Gasteiger partial charge is 0.0278 e. The van der Waals surface area contributed by atoms with Gasteiger partial charge in [-0.2, -0.15) is 0 Å². The maximum atomic E-state index is 6.10. The lowest BCUT2D eigenvalue weighted by Crippen LogP contribution is -2.47. The molecule has 0 bridgehead atoms. The number of hydrogen-bond acceptors (Lipinski definition) is 2. The van der Waals surface area contributed by atoms with E-state index in [-0.39, 0.29) is 5.54 Å². The highest BCUT2D eigenvalue weighted by molar-refractivity contribution is 4.85. The Labute approximate surface area is 69.3 Å². The van der Waals surface area contributed by atoms with Crippen LogP contribution in [0.4, 0.5) is 0 Å². The Hall–Kier alpha value is -0.0800. The minimum Gasteiger partial charge on any atom is -0.329 e. The molecule has 0 saturated heterocycles. The first-order valence-corrected chi connectivity index (χ1v) is 4.76. The van der Waals surface area contributed by atoms with Gasteiger partial charge in [-0.15, -0.1) is 0 Å². The van der Waals surface area contributed by atoms with Crippen LogP contribution in [0.3, 0.4) is 0 Å². The predicted molar refractivity (Wildman–Crippen MR) is 48.3 cm³/mol. The van der Waals surface area contributed by atoms with E-state index in [0.717, 1.165) is 12.8 Å². The quantitative estimate of drug-likeness (QED) is 0.602. The first-order chi connectivity index (χ1) is 5.27. The van der Waals surface area contributed by atoms with Crippen molar-refractivity contribution in [2.75, 3.05) is 6.54 Å². The molecule has 0 atom stereocenters. The highest BCUT2D eigenvalue weighted by Gasteiger charge is 2.22. The van der Waals surface area contributed by atoms with Crippen molar-refractivity contribution in [1.82, 2.24) is 0 Å². The predicted octanol–water partition coefficient (Wildman–Crippen LogP) is 1.39. The third kappa shape index (κ3) is 2.80. The summed E-state index contributed by atoms with van der Waals surface area (Å²) in [7, 11) is 0. The molecule has 1 saturated carbocycles. The van der Waals surface area contributed by atoms with Crippen LogP contribution >= 0.6 is 0 Å². The van der Waals surface area contributed by atoms with E-state index in [1.807, 2.05) is 0 Å². The number of rotatable bonds is 1. The first kappa shape index (κ1) is 9.01. The summed E-state index contributed by atoms with van der Waals surface area (Å²) in [4.78, 5) is 0. The van der Waals surface area contributed by atoms with Crippen LogP contribution in [0.5, 0.6) is 0 Å². The molecule has 4 N–H and O–H groups in total. The normalized spacial score (nSPS) is 25.6. The molecule has 0 aliphatic heterocycles. The molecule has 2 heteroatoms. The monoisotopic (exact) mass is 156 g/mol. The van der Waals surface area contributed by atoms with Gasteiger partial charge in [0.15, 0.2) is 0 Å². The highest BCUT2D eigenvalue weighted by atomic mass is 14.8. The van der Waals surface area contributed by atoms with E-state index in [2.05, 4.69) is 0 Å². The average molecular weight is 156 g/mol. The molecular weight excluding hydrogens is 136 g/mol. The third-order valence-electron chi connectivity index (χ3n) is 2.76. The Balaban J connectivity index is 2.37. The summed E-state index contributed by atoms with van der Waals surface area (Å²) < 4.78 is 0. The van der Waals surface area contributed by atoms with Crippen molar-refractivity contribution in [3.8, 4) is 0 Å². The van der Waals surface area contributed by atoms with Gasteiger partial charge in [-0.1, -0.05) is 32.1 Å². The van der Waals surface area contributed by atoms with Gasteiger partial charge in [0.05, 0.1) is 0 Å². The van der Waals surface area contributed by atoms with Crippen molar-refractivity contribution in [2.45, 2.75) is 50.5 Å². The van der Waals surface area contributed by atoms with Crippen molar-refractivity contribution in [2.24, 2.45) is 11.5 Å². The minimum absolute atomic E-state index is 0.0274. The van der Waals surface area contributed by atoms with Crippen molar-refractivity contribution in [3.63, 3.8) is 0 Å². The summed E-state index contributed by atoms with van der Waals surface area (Å²) in [5.41, 5.74) is 11.7. The second-order valence-corrected chi connectivity index (χ2v) is 3.83. The molecule has 11 heavy (non-hydrogen) atoms. The fraction of sp³-hybridized carbons (Fsp3) is 1.00. The van der Waals surface area contributed by atoms with Gasteiger partial charge >= 0.3 is 0 Å². The fourth-order valence-corrected chi connectivity index (χ4v) is 1.81. The van der Waals surface area contributed by atoms with Crippen LogP contribution in [0, 0.1) is 0 Å². The minimum atomic E-state index is -0.0274. The molecule has 1 aliphatic rings. The van der Waals surface area contributed by atoms with E-state index in [0.29, 0.717) is 6.54 Å². The molecule has 0 unspecified atom stereocenters. The average Bonchev–Trinajstić information content (AvgIpc) is 1.98. The first-order valence-electron chi connectivity index (χ1n) is 4.76. The van der Waals surface area contributed by atoms with E-state index in [9.17, 15) is 0 Å². The summed E-state index contributed by atoms with van der Waals surface area (Å²) in [6.07, 6.45) is 8.88. The SMILES string of the molecule is NCC1(N)CCCCCCC1. The lowest BCUT2D eigenvalue weighted by molar-refractivity contribution is 0.324. The van der Waals surface area contributed by atoms with Crippen molar-refractivity contribution in [3.05, 3.63) is 0 Å². The second-order valence-electron chi connectivity index (χ2n) is 3.83. The van der Waals surface area contributed by atoms with E-state index in [1.165, 1.54) is 32.1 Å². The molecule has 0 heterocycles. The second kappa shape index (κ2) is 4.07. The van der Waals surface area contributed by atoms with Gasteiger partial charge in [-0.3, -0.25) is 0 Å². The van der Waals surface area contributed by atoms with Crippen LogP contribution in [0.15, 0.2) is 0 Å². The topological polar surface area (TPSA) is 52.0 Å². The summed E-state index contributed by atoms with van der Waals surface area (Å²) in [5, 5.41) is 0. The molecule has 0 radical (unpaired) electrons. The van der Waals surface area contributed by atoms with Crippen molar-refractivity contribution in [1.29, 1.82) is 0 Å². The Kier molecular flexibility index (Phi) is 3.34. The van der Waals surface area contributed by atoms with E-state index in [1.54, 1.807) is 0 Å². The summed E-state index contributed by atoms with van der Waals surface area (Å²) in [6, 6.07) is 0. The molecule has 1 fully saturated rings. The van der Waals surface area contributed by atoms with Gasteiger partial charge < -0.3 is 11.5 Å². The Morgan fingerprint density at radius 3 is 1.82 bits per heavy atom. The molecule has 1 rings (SSSR count). The molecule has 0 spiro atoms. The summed E-state index contributed by atoms with van der Waals surface area (Å²) in [6.45, 7) is 0.660. The zero-order chi connectivity index (χ0) is 8.16. The number of nitrogens with two attached hydrogens (primary N) is 2. The van der Waals surface area contributed by atoms with Crippen molar-refractivity contribution < 1.29 is 0 Å². The Morgan fingerprint density at radius 1 is 0.909 bits per heavy atom.